The number of ether oxygens (including phenoxy) is 3. The molecule has 0 aliphatic carbocycles. The van der Waals surface area contributed by atoms with Crippen molar-refractivity contribution in [2.24, 2.45) is 0 Å². The number of methoxy groups -OCH3 is 2. The molecule has 1 aliphatic heterocycles. The third-order valence-electron chi connectivity index (χ3n) is 5.22. The van der Waals surface area contributed by atoms with Crippen molar-refractivity contribution in [3.8, 4) is 17.2 Å². The summed E-state index contributed by atoms with van der Waals surface area (Å²) in [7, 11) is 3.31. The maximum absolute atomic E-state index is 12.5. The number of hydrogen-bond donors (Lipinski definition) is 1. The summed E-state index contributed by atoms with van der Waals surface area (Å²) < 4.78 is 16.2. The topological polar surface area (TPSA) is 60.0 Å². The Bertz CT molecular complexity index is 786. The van der Waals surface area contributed by atoms with Gasteiger partial charge in [-0.15, -0.1) is 0 Å². The Balaban J connectivity index is 1.42. The fraction of sp³-hybridized carbons (Fsp3) is 0.435. The van der Waals surface area contributed by atoms with Gasteiger partial charge in [0.2, 0.25) is 0 Å². The monoisotopic (exact) mass is 398 g/mol. The van der Waals surface area contributed by atoms with Crippen LogP contribution in [0.1, 0.15) is 25.3 Å². The Kier molecular flexibility index (Phi) is 7.36. The van der Waals surface area contributed by atoms with Crippen molar-refractivity contribution < 1.29 is 19.0 Å². The molecule has 2 aromatic carbocycles. The van der Waals surface area contributed by atoms with Crippen molar-refractivity contribution in [1.82, 2.24) is 10.2 Å². The number of benzene rings is 2. The third kappa shape index (κ3) is 6.12. The van der Waals surface area contributed by atoms with Crippen molar-refractivity contribution in [3.05, 3.63) is 54.1 Å². The summed E-state index contributed by atoms with van der Waals surface area (Å²) in [5.41, 5.74) is 1.24. The highest BCUT2D eigenvalue weighted by Crippen LogP contribution is 2.19. The van der Waals surface area contributed by atoms with Gasteiger partial charge in [0.05, 0.1) is 14.2 Å². The highest BCUT2D eigenvalue weighted by Gasteiger charge is 2.23. The summed E-state index contributed by atoms with van der Waals surface area (Å²) >= 11 is 0. The minimum absolute atomic E-state index is 0.0768. The molecule has 1 N–H and O–H groups in total. The zero-order chi connectivity index (χ0) is 20.6. The second kappa shape index (κ2) is 10.2. The molecule has 1 fully saturated rings. The van der Waals surface area contributed by atoms with Crippen molar-refractivity contribution in [2.45, 2.75) is 38.5 Å². The first-order chi connectivity index (χ1) is 14.1. The minimum Gasteiger partial charge on any atom is -0.497 e. The number of nitrogens with one attached hydrogen (secondary N) is 1. The van der Waals surface area contributed by atoms with Gasteiger partial charge in [0, 0.05) is 25.7 Å². The molecular formula is C23H30N2O4. The maximum Gasteiger partial charge on any atom is 0.260 e. The van der Waals surface area contributed by atoms with E-state index >= 15 is 0 Å². The predicted octanol–water partition coefficient (Wildman–Crippen LogP) is 3.25. The van der Waals surface area contributed by atoms with Crippen LogP contribution >= 0.6 is 0 Å². The average molecular weight is 399 g/mol. The van der Waals surface area contributed by atoms with Crippen molar-refractivity contribution in [1.29, 1.82) is 0 Å². The van der Waals surface area contributed by atoms with Crippen LogP contribution in [0.3, 0.4) is 0 Å². The Hall–Kier alpha value is -2.73. The molecule has 0 spiro atoms. The molecule has 0 bridgehead atoms. The molecule has 1 aliphatic rings. The standard InChI is InChI=1S/C23H30N2O4/c1-17(29-21-9-7-20(27-2)8-10-21)23(26)24-19-11-13-25(14-12-19)16-18-5-4-6-22(15-18)28-3/h4-10,15,17,19H,11-14,16H2,1-3H3,(H,24,26). The lowest BCUT2D eigenvalue weighted by Crippen LogP contribution is -2.47. The second-order valence-electron chi connectivity index (χ2n) is 7.35. The van der Waals surface area contributed by atoms with Gasteiger partial charge in [0.1, 0.15) is 17.2 Å². The second-order valence-corrected chi connectivity index (χ2v) is 7.35. The summed E-state index contributed by atoms with van der Waals surface area (Å²) in [4.78, 5) is 14.9. The smallest absolute Gasteiger partial charge is 0.260 e. The van der Waals surface area contributed by atoms with Gasteiger partial charge in [0.15, 0.2) is 6.10 Å². The molecule has 2 aromatic rings. The van der Waals surface area contributed by atoms with E-state index in [-0.39, 0.29) is 11.9 Å². The lowest BCUT2D eigenvalue weighted by Gasteiger charge is -2.33. The largest absolute Gasteiger partial charge is 0.497 e. The first-order valence-electron chi connectivity index (χ1n) is 10.0. The van der Waals surface area contributed by atoms with E-state index in [9.17, 15) is 4.79 Å². The van der Waals surface area contributed by atoms with Crippen molar-refractivity contribution in [2.75, 3.05) is 27.3 Å². The van der Waals surface area contributed by atoms with E-state index in [0.29, 0.717) is 5.75 Å². The summed E-state index contributed by atoms with van der Waals surface area (Å²) in [6.45, 7) is 4.58. The van der Waals surface area contributed by atoms with Crippen LogP contribution in [0.5, 0.6) is 17.2 Å². The van der Waals surface area contributed by atoms with E-state index < -0.39 is 6.10 Å². The van der Waals surface area contributed by atoms with Gasteiger partial charge in [-0.05, 0) is 61.7 Å². The molecular weight excluding hydrogens is 368 g/mol. The Morgan fingerprint density at radius 3 is 2.34 bits per heavy atom. The summed E-state index contributed by atoms with van der Waals surface area (Å²) in [5.74, 6) is 2.22. The number of nitrogens with zero attached hydrogens (tertiary/aromatic N) is 1. The summed E-state index contributed by atoms with van der Waals surface area (Å²) in [6.07, 6.45) is 1.33. The number of carbonyl (C=O) groups is 1. The lowest BCUT2D eigenvalue weighted by atomic mass is 10.0. The minimum atomic E-state index is -0.543. The number of rotatable bonds is 8. The Morgan fingerprint density at radius 2 is 1.69 bits per heavy atom. The molecule has 1 atom stereocenters. The summed E-state index contributed by atoms with van der Waals surface area (Å²) in [5, 5.41) is 3.13. The van der Waals surface area contributed by atoms with Crippen LogP contribution in [0.15, 0.2) is 48.5 Å². The first-order valence-corrected chi connectivity index (χ1v) is 10.0. The normalized spacial score (nSPS) is 16.1. The molecule has 1 heterocycles. The first kappa shape index (κ1) is 21.0. The molecule has 6 heteroatoms. The van der Waals surface area contributed by atoms with Crippen LogP contribution in [0.25, 0.3) is 0 Å². The fourth-order valence-corrected chi connectivity index (χ4v) is 3.49. The highest BCUT2D eigenvalue weighted by molar-refractivity contribution is 5.81. The van der Waals surface area contributed by atoms with Gasteiger partial charge in [-0.1, -0.05) is 12.1 Å². The number of amides is 1. The molecule has 1 amide bonds. The van der Waals surface area contributed by atoms with Gasteiger partial charge < -0.3 is 19.5 Å². The third-order valence-corrected chi connectivity index (χ3v) is 5.22. The van der Waals surface area contributed by atoms with Gasteiger partial charge in [-0.2, -0.15) is 0 Å². The van der Waals surface area contributed by atoms with Gasteiger partial charge in [-0.3, -0.25) is 9.69 Å². The van der Waals surface area contributed by atoms with Crippen LogP contribution in [0, 0.1) is 0 Å². The SMILES string of the molecule is COc1ccc(OC(C)C(=O)NC2CCN(Cc3cccc(OC)c3)CC2)cc1. The van der Waals surface area contributed by atoms with E-state index in [1.807, 2.05) is 24.3 Å². The molecule has 0 aromatic heterocycles. The molecule has 1 saturated heterocycles. The number of carbonyl (C=O) groups excluding carboxylic acids is 1. The predicted molar refractivity (Wildman–Crippen MR) is 113 cm³/mol. The van der Waals surface area contributed by atoms with Crippen molar-refractivity contribution >= 4 is 5.91 Å². The Labute approximate surface area is 172 Å². The van der Waals surface area contributed by atoms with Crippen LogP contribution < -0.4 is 19.5 Å². The van der Waals surface area contributed by atoms with E-state index in [1.165, 1.54) is 5.56 Å². The van der Waals surface area contributed by atoms with E-state index in [4.69, 9.17) is 14.2 Å². The molecule has 29 heavy (non-hydrogen) atoms. The average Bonchev–Trinajstić information content (AvgIpc) is 2.75. The molecule has 1 unspecified atom stereocenters. The maximum atomic E-state index is 12.5. The van der Waals surface area contributed by atoms with Gasteiger partial charge >= 0.3 is 0 Å². The number of likely N-dealkylation sites (tertiary alicyclic amines) is 1. The fourth-order valence-electron chi connectivity index (χ4n) is 3.49. The number of hydrogen-bond acceptors (Lipinski definition) is 5. The van der Waals surface area contributed by atoms with Crippen LogP contribution in [-0.2, 0) is 11.3 Å². The molecule has 0 saturated carbocycles. The van der Waals surface area contributed by atoms with E-state index in [0.717, 1.165) is 44.0 Å². The van der Waals surface area contributed by atoms with Crippen LogP contribution in [-0.4, -0.2) is 50.3 Å². The number of piperidine rings is 1. The lowest BCUT2D eigenvalue weighted by molar-refractivity contribution is -0.128. The molecule has 0 radical (unpaired) electrons. The van der Waals surface area contributed by atoms with Gasteiger partial charge in [0.25, 0.3) is 5.91 Å². The van der Waals surface area contributed by atoms with Crippen molar-refractivity contribution in [3.63, 3.8) is 0 Å². The molecule has 156 valence electrons. The zero-order valence-electron chi connectivity index (χ0n) is 17.4. The molecule has 3 rings (SSSR count). The van der Waals surface area contributed by atoms with Crippen LogP contribution in [0.2, 0.25) is 0 Å². The summed E-state index contributed by atoms with van der Waals surface area (Å²) in [6, 6.07) is 15.6. The molecule has 6 nitrogen and oxygen atoms in total. The van der Waals surface area contributed by atoms with Crippen LogP contribution in [0.4, 0.5) is 0 Å². The van der Waals surface area contributed by atoms with E-state index in [2.05, 4.69) is 22.3 Å². The van der Waals surface area contributed by atoms with E-state index in [1.54, 1.807) is 33.3 Å². The Morgan fingerprint density at radius 1 is 1.03 bits per heavy atom. The zero-order valence-corrected chi connectivity index (χ0v) is 17.4. The quantitative estimate of drug-likeness (QED) is 0.740. The van der Waals surface area contributed by atoms with Gasteiger partial charge in [-0.25, -0.2) is 0 Å². The highest BCUT2D eigenvalue weighted by atomic mass is 16.5.